The summed E-state index contributed by atoms with van der Waals surface area (Å²) in [6.07, 6.45) is 4.39. The molecule has 0 aromatic heterocycles. The first-order chi connectivity index (χ1) is 12.9. The van der Waals surface area contributed by atoms with Crippen LogP contribution in [-0.2, 0) is 38.1 Å². The van der Waals surface area contributed by atoms with Crippen LogP contribution in [0.15, 0.2) is 0 Å². The van der Waals surface area contributed by atoms with Gasteiger partial charge in [-0.15, -0.1) is 0 Å². The normalized spacial score (nSPS) is 18.7. The van der Waals surface area contributed by atoms with Crippen molar-refractivity contribution in [1.82, 2.24) is 0 Å². The van der Waals surface area contributed by atoms with E-state index in [0.29, 0.717) is 0 Å². The number of esters is 4. The number of carbonyl (C=O) groups is 4. The quantitative estimate of drug-likeness (QED) is 0.452. The van der Waals surface area contributed by atoms with Crippen molar-refractivity contribution in [3.05, 3.63) is 0 Å². The van der Waals surface area contributed by atoms with Gasteiger partial charge in [0.1, 0.15) is 12.2 Å². The minimum atomic E-state index is -1.79. The summed E-state index contributed by atoms with van der Waals surface area (Å²) in [5, 5.41) is 9.64. The number of hydrogen-bond acceptors (Lipinski definition) is 9. The fourth-order valence-corrected chi connectivity index (χ4v) is 3.12. The summed E-state index contributed by atoms with van der Waals surface area (Å²) in [4.78, 5) is 46.3. The maximum Gasteiger partial charge on any atom is 0.344 e. The standard InChI is InChI=1S/C18H26O9/c19-14(18(23)25-11-17(22)27-13-7-3-4-8-13)9-15(20)24-10-16(21)26-12-5-1-2-6-12/h12-14,19H,1-11H2. The first kappa shape index (κ1) is 21.1. The third-order valence-electron chi connectivity index (χ3n) is 4.52. The van der Waals surface area contributed by atoms with Gasteiger partial charge in [0.05, 0.1) is 6.42 Å². The number of carbonyl (C=O) groups excluding carboxylic acids is 4. The van der Waals surface area contributed by atoms with E-state index < -0.39 is 49.6 Å². The zero-order chi connectivity index (χ0) is 19.6. The van der Waals surface area contributed by atoms with Gasteiger partial charge in [0.15, 0.2) is 19.3 Å². The maximum atomic E-state index is 11.6. The Morgan fingerprint density at radius 3 is 1.67 bits per heavy atom. The molecule has 0 bridgehead atoms. The molecule has 0 aromatic carbocycles. The van der Waals surface area contributed by atoms with Crippen molar-refractivity contribution >= 4 is 23.9 Å². The second-order valence-electron chi connectivity index (χ2n) is 6.78. The van der Waals surface area contributed by atoms with Crippen LogP contribution in [0.3, 0.4) is 0 Å². The molecule has 0 saturated heterocycles. The molecule has 0 radical (unpaired) electrons. The Labute approximate surface area is 157 Å². The van der Waals surface area contributed by atoms with Crippen LogP contribution in [0.5, 0.6) is 0 Å². The molecule has 0 aliphatic heterocycles. The lowest BCUT2D eigenvalue weighted by Gasteiger charge is -2.13. The lowest BCUT2D eigenvalue weighted by Crippen LogP contribution is -2.30. The number of ether oxygens (including phenoxy) is 4. The first-order valence-electron chi connectivity index (χ1n) is 9.33. The Balaban J connectivity index is 1.57. The highest BCUT2D eigenvalue weighted by molar-refractivity contribution is 5.84. The van der Waals surface area contributed by atoms with Gasteiger partial charge in [-0.05, 0) is 51.4 Å². The van der Waals surface area contributed by atoms with Gasteiger partial charge in [0.2, 0.25) is 0 Å². The van der Waals surface area contributed by atoms with E-state index in [1.807, 2.05) is 0 Å². The second-order valence-corrected chi connectivity index (χ2v) is 6.78. The summed E-state index contributed by atoms with van der Waals surface area (Å²) in [5.74, 6) is -3.44. The third kappa shape index (κ3) is 7.94. The molecule has 0 heterocycles. The molecule has 1 unspecified atom stereocenters. The van der Waals surface area contributed by atoms with Gasteiger partial charge >= 0.3 is 23.9 Å². The van der Waals surface area contributed by atoms with E-state index in [2.05, 4.69) is 9.47 Å². The number of aliphatic hydroxyl groups excluding tert-OH is 1. The number of rotatable bonds is 9. The minimum absolute atomic E-state index is 0.138. The summed E-state index contributed by atoms with van der Waals surface area (Å²) in [6.45, 7) is -1.21. The molecule has 0 spiro atoms. The van der Waals surface area contributed by atoms with E-state index in [-0.39, 0.29) is 12.2 Å². The van der Waals surface area contributed by atoms with Gasteiger partial charge < -0.3 is 24.1 Å². The van der Waals surface area contributed by atoms with Gasteiger partial charge in [-0.3, -0.25) is 4.79 Å². The highest BCUT2D eigenvalue weighted by Crippen LogP contribution is 2.21. The van der Waals surface area contributed by atoms with Crippen LogP contribution in [0.2, 0.25) is 0 Å². The minimum Gasteiger partial charge on any atom is -0.460 e. The number of hydrogen-bond donors (Lipinski definition) is 1. The molecule has 1 N–H and O–H groups in total. The van der Waals surface area contributed by atoms with E-state index in [1.54, 1.807) is 0 Å². The molecule has 0 aromatic rings. The molecule has 27 heavy (non-hydrogen) atoms. The van der Waals surface area contributed by atoms with E-state index in [9.17, 15) is 24.3 Å². The number of aliphatic hydroxyl groups is 1. The Hall–Kier alpha value is -2.16. The predicted octanol–water partition coefficient (Wildman–Crippen LogP) is 0.795. The topological polar surface area (TPSA) is 125 Å². The lowest BCUT2D eigenvalue weighted by molar-refractivity contribution is -0.170. The second kappa shape index (κ2) is 10.9. The largest absolute Gasteiger partial charge is 0.460 e. The summed E-state index contributed by atoms with van der Waals surface area (Å²) in [7, 11) is 0. The molecule has 2 fully saturated rings. The molecule has 9 heteroatoms. The molecule has 2 rings (SSSR count). The van der Waals surface area contributed by atoms with Crippen LogP contribution in [0.4, 0.5) is 0 Å². The van der Waals surface area contributed by atoms with Crippen LogP contribution >= 0.6 is 0 Å². The van der Waals surface area contributed by atoms with Crippen LogP contribution < -0.4 is 0 Å². The summed E-state index contributed by atoms with van der Waals surface area (Å²) < 4.78 is 19.5. The van der Waals surface area contributed by atoms with E-state index >= 15 is 0 Å². The van der Waals surface area contributed by atoms with E-state index in [4.69, 9.17) is 9.47 Å². The summed E-state index contributed by atoms with van der Waals surface area (Å²) in [5.41, 5.74) is 0. The molecular weight excluding hydrogens is 360 g/mol. The molecule has 9 nitrogen and oxygen atoms in total. The molecule has 2 saturated carbocycles. The molecule has 0 amide bonds. The van der Waals surface area contributed by atoms with Gasteiger partial charge in [0, 0.05) is 0 Å². The van der Waals surface area contributed by atoms with Gasteiger partial charge in [-0.2, -0.15) is 0 Å². The van der Waals surface area contributed by atoms with Crippen molar-refractivity contribution in [2.24, 2.45) is 0 Å². The van der Waals surface area contributed by atoms with Crippen LogP contribution in [-0.4, -0.2) is 60.5 Å². The smallest absolute Gasteiger partial charge is 0.344 e. The van der Waals surface area contributed by atoms with Crippen molar-refractivity contribution in [2.75, 3.05) is 13.2 Å². The van der Waals surface area contributed by atoms with E-state index in [1.165, 1.54) is 0 Å². The van der Waals surface area contributed by atoms with Crippen molar-refractivity contribution in [1.29, 1.82) is 0 Å². The fraction of sp³-hybridized carbons (Fsp3) is 0.778. The van der Waals surface area contributed by atoms with Crippen molar-refractivity contribution in [3.8, 4) is 0 Å². The summed E-state index contributed by atoms with van der Waals surface area (Å²) >= 11 is 0. The Kier molecular flexibility index (Phi) is 8.50. The summed E-state index contributed by atoms with van der Waals surface area (Å²) in [6, 6.07) is 0. The van der Waals surface area contributed by atoms with Gasteiger partial charge in [-0.1, -0.05) is 0 Å². The first-order valence-corrected chi connectivity index (χ1v) is 9.33. The zero-order valence-corrected chi connectivity index (χ0v) is 15.2. The monoisotopic (exact) mass is 386 g/mol. The van der Waals surface area contributed by atoms with Crippen molar-refractivity contribution in [2.45, 2.75) is 76.1 Å². The highest BCUT2D eigenvalue weighted by Gasteiger charge is 2.25. The third-order valence-corrected chi connectivity index (χ3v) is 4.52. The molecule has 152 valence electrons. The average molecular weight is 386 g/mol. The molecule has 2 aliphatic carbocycles. The van der Waals surface area contributed by atoms with Crippen LogP contribution in [0.1, 0.15) is 57.8 Å². The predicted molar refractivity (Wildman–Crippen MR) is 89.2 cm³/mol. The molecule has 2 aliphatic rings. The average Bonchev–Trinajstić information content (AvgIpc) is 3.32. The zero-order valence-electron chi connectivity index (χ0n) is 15.2. The van der Waals surface area contributed by atoms with Crippen molar-refractivity contribution in [3.63, 3.8) is 0 Å². The van der Waals surface area contributed by atoms with Crippen LogP contribution in [0.25, 0.3) is 0 Å². The Morgan fingerprint density at radius 2 is 1.19 bits per heavy atom. The molecule has 1 atom stereocenters. The molecular formula is C18H26O9. The Bertz CT molecular complexity index is 533. The highest BCUT2D eigenvalue weighted by atomic mass is 16.6. The fourth-order valence-electron chi connectivity index (χ4n) is 3.12. The Morgan fingerprint density at radius 1 is 0.741 bits per heavy atom. The van der Waals surface area contributed by atoms with Crippen molar-refractivity contribution < 1.29 is 43.2 Å². The lowest BCUT2D eigenvalue weighted by atomic mass is 10.2. The SMILES string of the molecule is O=C(CC(O)C(=O)OCC(=O)OC1CCCC1)OCC(=O)OC1CCCC1. The maximum absolute atomic E-state index is 11.6. The van der Waals surface area contributed by atoms with Crippen LogP contribution in [0, 0.1) is 0 Å². The van der Waals surface area contributed by atoms with Gasteiger partial charge in [0.25, 0.3) is 0 Å². The van der Waals surface area contributed by atoms with E-state index in [0.717, 1.165) is 51.4 Å². The van der Waals surface area contributed by atoms with Gasteiger partial charge in [-0.25, -0.2) is 14.4 Å².